The van der Waals surface area contributed by atoms with Crippen LogP contribution in [0.1, 0.15) is 29.3 Å². The van der Waals surface area contributed by atoms with E-state index in [1.54, 1.807) is 5.38 Å². The number of amides is 1. The Labute approximate surface area is 186 Å². The van der Waals surface area contributed by atoms with Gasteiger partial charge in [-0.1, -0.05) is 17.2 Å². The first-order valence-corrected chi connectivity index (χ1v) is 10.4. The molecule has 0 saturated carbocycles. The summed E-state index contributed by atoms with van der Waals surface area (Å²) in [5.41, 5.74) is 2.99. The molecule has 2 aromatic carbocycles. The van der Waals surface area contributed by atoms with E-state index in [0.717, 1.165) is 33.4 Å². The second-order valence-corrected chi connectivity index (χ2v) is 8.05. The summed E-state index contributed by atoms with van der Waals surface area (Å²) in [5.74, 6) is -2.57. The first-order chi connectivity index (χ1) is 15.2. The Balaban J connectivity index is 1.66. The zero-order valence-electron chi connectivity index (χ0n) is 17.3. The summed E-state index contributed by atoms with van der Waals surface area (Å²) in [6, 6.07) is 8.65. The number of carbonyl (C=O) groups excluding carboxylic acids is 2. The Bertz CT molecular complexity index is 1290. The minimum absolute atomic E-state index is 0.0540. The van der Waals surface area contributed by atoms with E-state index in [-0.39, 0.29) is 22.4 Å². The molecule has 0 aliphatic carbocycles. The molecule has 32 heavy (non-hydrogen) atoms. The van der Waals surface area contributed by atoms with Crippen LogP contribution in [0.25, 0.3) is 6.08 Å². The molecule has 0 spiro atoms. The van der Waals surface area contributed by atoms with Gasteiger partial charge in [0.15, 0.2) is 10.8 Å². The van der Waals surface area contributed by atoms with Crippen LogP contribution >= 0.6 is 11.3 Å². The third kappa shape index (κ3) is 4.33. The van der Waals surface area contributed by atoms with E-state index in [2.05, 4.69) is 9.98 Å². The number of halogens is 2. The lowest BCUT2D eigenvalue weighted by Crippen LogP contribution is -2.23. The van der Waals surface area contributed by atoms with Gasteiger partial charge in [0.05, 0.1) is 11.4 Å². The van der Waals surface area contributed by atoms with Gasteiger partial charge in [0.1, 0.15) is 11.6 Å². The fraction of sp³-hybridized carbons (Fsp3) is 0.130. The van der Waals surface area contributed by atoms with E-state index in [0.29, 0.717) is 17.3 Å². The maximum Gasteiger partial charge on any atom is 0.363 e. The molecule has 1 aliphatic rings. The number of rotatable bonds is 4. The maximum absolute atomic E-state index is 14.2. The molecular formula is C23H17F2N3O3S. The molecule has 0 bridgehead atoms. The third-order valence-electron chi connectivity index (χ3n) is 4.54. The van der Waals surface area contributed by atoms with Crippen molar-refractivity contribution < 1.29 is 23.1 Å². The molecule has 6 nitrogen and oxygen atoms in total. The predicted molar refractivity (Wildman–Crippen MR) is 118 cm³/mol. The van der Waals surface area contributed by atoms with Crippen LogP contribution in [0.4, 0.5) is 19.6 Å². The lowest BCUT2D eigenvalue weighted by atomic mass is 10.1. The van der Waals surface area contributed by atoms with Gasteiger partial charge in [-0.15, -0.1) is 11.3 Å². The van der Waals surface area contributed by atoms with Crippen LogP contribution in [-0.4, -0.2) is 22.8 Å². The fourth-order valence-electron chi connectivity index (χ4n) is 3.29. The number of aromatic nitrogens is 1. The number of esters is 1. The minimum Gasteiger partial charge on any atom is -0.402 e. The molecule has 9 heteroatoms. The number of benzene rings is 2. The standard InChI is InChI=1S/C23H17F2N3O3S/c1-12-6-13(2)8-15(7-12)21-27-19(22(30)31-21)10-17-11-32-23(26-17)28(14(3)29)20-5-4-16(24)9-18(20)25/h4-11H,1-3H3/b19-10-. The van der Waals surface area contributed by atoms with Crippen molar-refractivity contribution in [1.82, 2.24) is 4.98 Å². The van der Waals surface area contributed by atoms with E-state index in [9.17, 15) is 18.4 Å². The van der Waals surface area contributed by atoms with Gasteiger partial charge in [-0.25, -0.2) is 23.6 Å². The Morgan fingerprint density at radius 2 is 1.84 bits per heavy atom. The van der Waals surface area contributed by atoms with Gasteiger partial charge < -0.3 is 4.74 Å². The zero-order valence-corrected chi connectivity index (χ0v) is 18.2. The Hall–Kier alpha value is -3.72. The zero-order chi connectivity index (χ0) is 23.0. The Kier molecular flexibility index (Phi) is 5.67. The maximum atomic E-state index is 14.2. The second kappa shape index (κ2) is 8.43. The number of carbonyl (C=O) groups is 2. The van der Waals surface area contributed by atoms with Crippen molar-refractivity contribution in [1.29, 1.82) is 0 Å². The normalized spacial score (nSPS) is 14.5. The smallest absolute Gasteiger partial charge is 0.363 e. The van der Waals surface area contributed by atoms with Crippen molar-refractivity contribution in [2.24, 2.45) is 4.99 Å². The topological polar surface area (TPSA) is 71.9 Å². The molecular weight excluding hydrogens is 436 g/mol. The van der Waals surface area contributed by atoms with Gasteiger partial charge in [0, 0.05) is 23.9 Å². The first kappa shape index (κ1) is 21.5. The molecule has 0 unspecified atom stereocenters. The van der Waals surface area contributed by atoms with Crippen molar-refractivity contribution >= 4 is 46.0 Å². The van der Waals surface area contributed by atoms with Crippen molar-refractivity contribution in [3.05, 3.63) is 81.5 Å². The highest BCUT2D eigenvalue weighted by atomic mass is 32.1. The number of anilines is 2. The van der Waals surface area contributed by atoms with Crippen LogP contribution < -0.4 is 4.90 Å². The summed E-state index contributed by atoms with van der Waals surface area (Å²) >= 11 is 1.07. The quantitative estimate of drug-likeness (QED) is 0.409. The average Bonchev–Trinajstić information content (AvgIpc) is 3.30. The molecule has 2 heterocycles. The molecule has 0 saturated heterocycles. The number of cyclic esters (lactones) is 1. The number of nitrogens with zero attached hydrogens (tertiary/aromatic N) is 3. The number of hydrogen-bond donors (Lipinski definition) is 0. The number of aliphatic imine (C=N–C) groups is 1. The summed E-state index contributed by atoms with van der Waals surface area (Å²) in [4.78, 5) is 34.1. The molecule has 0 fully saturated rings. The molecule has 162 valence electrons. The van der Waals surface area contributed by atoms with Crippen LogP contribution in [0, 0.1) is 25.5 Å². The van der Waals surface area contributed by atoms with Crippen LogP contribution in [0.2, 0.25) is 0 Å². The fourth-order valence-corrected chi connectivity index (χ4v) is 4.12. The van der Waals surface area contributed by atoms with Gasteiger partial charge in [0.25, 0.3) is 0 Å². The van der Waals surface area contributed by atoms with Gasteiger partial charge in [-0.3, -0.25) is 9.69 Å². The van der Waals surface area contributed by atoms with Crippen molar-refractivity contribution in [2.75, 3.05) is 4.90 Å². The Morgan fingerprint density at radius 3 is 2.50 bits per heavy atom. The molecule has 0 atom stereocenters. The largest absolute Gasteiger partial charge is 0.402 e. The van der Waals surface area contributed by atoms with Crippen LogP contribution in [0.3, 0.4) is 0 Å². The summed E-state index contributed by atoms with van der Waals surface area (Å²) in [6.07, 6.45) is 1.43. The summed E-state index contributed by atoms with van der Waals surface area (Å²) in [7, 11) is 0. The molecule has 4 rings (SSSR count). The number of ether oxygens (including phenoxy) is 1. The van der Waals surface area contributed by atoms with E-state index in [1.807, 2.05) is 32.0 Å². The highest BCUT2D eigenvalue weighted by Crippen LogP contribution is 2.32. The third-order valence-corrected chi connectivity index (χ3v) is 5.38. The van der Waals surface area contributed by atoms with Gasteiger partial charge in [-0.2, -0.15) is 0 Å². The number of thiazole rings is 1. The molecule has 0 N–H and O–H groups in total. The summed E-state index contributed by atoms with van der Waals surface area (Å²) in [6.45, 7) is 5.12. The van der Waals surface area contributed by atoms with E-state index in [4.69, 9.17) is 4.74 Å². The van der Waals surface area contributed by atoms with Crippen molar-refractivity contribution in [3.63, 3.8) is 0 Å². The lowest BCUT2D eigenvalue weighted by molar-refractivity contribution is -0.130. The highest BCUT2D eigenvalue weighted by molar-refractivity contribution is 7.14. The predicted octanol–water partition coefficient (Wildman–Crippen LogP) is 5.07. The summed E-state index contributed by atoms with van der Waals surface area (Å²) in [5, 5.41) is 1.76. The Morgan fingerprint density at radius 1 is 1.12 bits per heavy atom. The number of hydrogen-bond acceptors (Lipinski definition) is 6. The van der Waals surface area contributed by atoms with Crippen molar-refractivity contribution in [3.8, 4) is 0 Å². The highest BCUT2D eigenvalue weighted by Gasteiger charge is 2.26. The molecule has 1 aromatic heterocycles. The van der Waals surface area contributed by atoms with E-state index >= 15 is 0 Å². The molecule has 1 aliphatic heterocycles. The van der Waals surface area contributed by atoms with Crippen LogP contribution in [0.15, 0.2) is 52.5 Å². The average molecular weight is 453 g/mol. The van der Waals surface area contributed by atoms with Crippen molar-refractivity contribution in [2.45, 2.75) is 20.8 Å². The molecule has 3 aromatic rings. The van der Waals surface area contributed by atoms with Crippen LogP contribution in [0.5, 0.6) is 0 Å². The van der Waals surface area contributed by atoms with Gasteiger partial charge in [-0.05, 0) is 44.2 Å². The SMILES string of the molecule is CC(=O)N(c1nc(/C=C2\N=C(c3cc(C)cc(C)c3)OC2=O)cs1)c1ccc(F)cc1F. The monoisotopic (exact) mass is 453 g/mol. The lowest BCUT2D eigenvalue weighted by Gasteiger charge is -2.18. The van der Waals surface area contributed by atoms with E-state index in [1.165, 1.54) is 19.1 Å². The van der Waals surface area contributed by atoms with Gasteiger partial charge >= 0.3 is 5.97 Å². The summed E-state index contributed by atoms with van der Waals surface area (Å²) < 4.78 is 32.8. The molecule has 0 radical (unpaired) electrons. The minimum atomic E-state index is -0.891. The number of aryl methyl sites for hydroxylation is 2. The molecule has 1 amide bonds. The van der Waals surface area contributed by atoms with Gasteiger partial charge in [0.2, 0.25) is 11.8 Å². The second-order valence-electron chi connectivity index (χ2n) is 7.22. The first-order valence-electron chi connectivity index (χ1n) is 9.54. The van der Waals surface area contributed by atoms with E-state index < -0.39 is 23.5 Å². The van der Waals surface area contributed by atoms with Crippen LogP contribution in [-0.2, 0) is 14.3 Å².